The molecule has 4 aromatic carbocycles. The van der Waals surface area contributed by atoms with Crippen molar-refractivity contribution < 1.29 is 7.58 Å². The average Bonchev–Trinajstić information content (AvgIpc) is 3.72. The molecule has 11 heteroatoms. The van der Waals surface area contributed by atoms with E-state index in [1.807, 2.05) is 48.5 Å². The predicted octanol–water partition coefficient (Wildman–Crippen LogP) is 7.03. The van der Waals surface area contributed by atoms with Gasteiger partial charge in [0.15, 0.2) is 0 Å². The van der Waals surface area contributed by atoms with Gasteiger partial charge in [-0.2, -0.15) is 0 Å². The van der Waals surface area contributed by atoms with Crippen LogP contribution in [0.15, 0.2) is 72.8 Å². The van der Waals surface area contributed by atoms with Gasteiger partial charge >= 0.3 is 14.8 Å². The van der Waals surface area contributed by atoms with E-state index < -0.39 is 14.8 Å². The van der Waals surface area contributed by atoms with Gasteiger partial charge in [-0.05, 0) is 93.3 Å². The van der Waals surface area contributed by atoms with Crippen LogP contribution in [0.25, 0.3) is 33.4 Å². The van der Waals surface area contributed by atoms with Crippen LogP contribution < -0.4 is 7.58 Å². The van der Waals surface area contributed by atoms with Crippen molar-refractivity contribution in [1.29, 1.82) is 0 Å². The highest BCUT2D eigenvalue weighted by Crippen LogP contribution is 2.34. The molecule has 248 valence electrons. The molecule has 0 fully saturated rings. The largest absolute Gasteiger partial charge is 0.853 e. The lowest BCUT2D eigenvalue weighted by molar-refractivity contribution is 0.289. The smallest absolute Gasteiger partial charge is 0.610 e. The summed E-state index contributed by atoms with van der Waals surface area (Å²) in [4.78, 5) is 8.20. The second kappa shape index (κ2) is 14.9. The SMILES string of the molecule is CCN(CC)Cc1cc(C)cc(-n2nc3ccccc3n2)c1[O][Al]([CH3])[O]c1c(CN(CC)CC)cc(C)cc1-n1nc2ccccc2n1. The number of nitrogens with zero attached hydrogens (tertiary/aromatic N) is 8. The fourth-order valence-electron chi connectivity index (χ4n) is 6.13. The number of rotatable bonds is 14. The van der Waals surface area contributed by atoms with Crippen molar-refractivity contribution >= 4 is 36.9 Å². The van der Waals surface area contributed by atoms with Crippen molar-refractivity contribution in [2.24, 2.45) is 0 Å². The topological polar surface area (TPSA) is 86.4 Å². The van der Waals surface area contributed by atoms with Crippen LogP contribution in [0.2, 0.25) is 5.79 Å². The minimum atomic E-state index is -2.42. The van der Waals surface area contributed by atoms with Crippen LogP contribution in [-0.4, -0.2) is 80.8 Å². The maximum Gasteiger partial charge on any atom is 0.853 e. The molecule has 2 aromatic heterocycles. The van der Waals surface area contributed by atoms with Gasteiger partial charge in [0.25, 0.3) is 0 Å². The van der Waals surface area contributed by atoms with E-state index in [0.717, 1.165) is 106 Å². The number of aromatic nitrogens is 6. The summed E-state index contributed by atoms with van der Waals surface area (Å²) >= 11 is -2.42. The number of hydrogen-bond donors (Lipinski definition) is 0. The molecule has 0 spiro atoms. The summed E-state index contributed by atoms with van der Waals surface area (Å²) in [5.41, 5.74) is 9.37. The molecule has 6 rings (SSSR count). The summed E-state index contributed by atoms with van der Waals surface area (Å²) in [5.74, 6) is 3.60. The van der Waals surface area contributed by atoms with Crippen molar-refractivity contribution in [2.45, 2.75) is 60.4 Å². The molecule has 0 radical (unpaired) electrons. The third kappa shape index (κ3) is 7.25. The number of aryl methyl sites for hydroxylation is 2. The quantitative estimate of drug-likeness (QED) is 0.115. The minimum absolute atomic E-state index is 0.742. The normalized spacial score (nSPS) is 11.7. The molecular formula is C37H45AlN8O2. The Bertz CT molecular complexity index is 1800. The lowest BCUT2D eigenvalue weighted by Crippen LogP contribution is -2.30. The molecule has 0 amide bonds. The van der Waals surface area contributed by atoms with Gasteiger partial charge in [-0.15, -0.1) is 30.0 Å². The van der Waals surface area contributed by atoms with Gasteiger partial charge in [-0.1, -0.05) is 64.1 Å². The van der Waals surface area contributed by atoms with E-state index in [9.17, 15) is 0 Å². The molecule has 48 heavy (non-hydrogen) atoms. The molecule has 0 aliphatic heterocycles. The summed E-state index contributed by atoms with van der Waals surface area (Å²) in [6, 6.07) is 24.5. The fourth-order valence-corrected chi connectivity index (χ4v) is 7.38. The summed E-state index contributed by atoms with van der Waals surface area (Å²) < 4.78 is 14.0. The van der Waals surface area contributed by atoms with Gasteiger partial charge < -0.3 is 7.58 Å². The molecule has 6 aromatic rings. The minimum Gasteiger partial charge on any atom is -0.610 e. The van der Waals surface area contributed by atoms with E-state index >= 15 is 0 Å². The monoisotopic (exact) mass is 660 g/mol. The second-order valence-electron chi connectivity index (χ2n) is 12.2. The molecule has 0 saturated carbocycles. The zero-order valence-corrected chi connectivity index (χ0v) is 30.3. The molecule has 2 heterocycles. The van der Waals surface area contributed by atoms with E-state index in [4.69, 9.17) is 28.0 Å². The standard InChI is InChI=1S/2C18H22N4O.CH3.Al/c2*1-4-21(5-2)12-14-10-13(3)11-17(18(14)23)22-19-15-8-6-7-9-16(15)20-22;;/h2*6-11,23H,4-5,12H2,1-3H3;1H3;/q;;;+2/p-2. The molecule has 0 saturated heterocycles. The van der Waals surface area contributed by atoms with Gasteiger partial charge in [-0.3, -0.25) is 9.80 Å². The van der Waals surface area contributed by atoms with E-state index in [0.29, 0.717) is 0 Å². The van der Waals surface area contributed by atoms with Crippen molar-refractivity contribution in [1.82, 2.24) is 39.8 Å². The number of benzene rings is 4. The highest BCUT2D eigenvalue weighted by Gasteiger charge is 2.31. The Labute approximate surface area is 287 Å². The third-order valence-corrected chi connectivity index (χ3v) is 9.87. The molecule has 0 bridgehead atoms. The Balaban J connectivity index is 1.44. The van der Waals surface area contributed by atoms with E-state index in [-0.39, 0.29) is 0 Å². The highest BCUT2D eigenvalue weighted by atomic mass is 27.2. The fraction of sp³-hybridized carbons (Fsp3) is 0.351. The van der Waals surface area contributed by atoms with Gasteiger partial charge in [0.1, 0.15) is 44.9 Å². The lowest BCUT2D eigenvalue weighted by atomic mass is 10.1. The zero-order chi connectivity index (χ0) is 33.8. The van der Waals surface area contributed by atoms with Gasteiger partial charge in [0.2, 0.25) is 0 Å². The van der Waals surface area contributed by atoms with E-state index in [1.54, 1.807) is 9.59 Å². The van der Waals surface area contributed by atoms with E-state index in [1.165, 1.54) is 0 Å². The molecular weight excluding hydrogens is 615 g/mol. The van der Waals surface area contributed by atoms with Crippen LogP contribution in [0, 0.1) is 13.8 Å². The van der Waals surface area contributed by atoms with Crippen LogP contribution in [0.3, 0.4) is 0 Å². The van der Waals surface area contributed by atoms with Crippen molar-refractivity contribution in [2.75, 3.05) is 26.2 Å². The molecule has 0 N–H and O–H groups in total. The van der Waals surface area contributed by atoms with Gasteiger partial charge in [0, 0.05) is 24.2 Å². The average molecular weight is 661 g/mol. The van der Waals surface area contributed by atoms with Crippen molar-refractivity contribution in [3.8, 4) is 22.9 Å². The highest BCUT2D eigenvalue weighted by molar-refractivity contribution is 6.44. The molecule has 0 aliphatic rings. The van der Waals surface area contributed by atoms with E-state index in [2.05, 4.69) is 81.4 Å². The first-order valence-electron chi connectivity index (χ1n) is 17.0. The van der Waals surface area contributed by atoms with Gasteiger partial charge in [0.05, 0.1) is 0 Å². The first-order valence-corrected chi connectivity index (χ1v) is 19.1. The molecule has 10 nitrogen and oxygen atoms in total. The Morgan fingerprint density at radius 1 is 0.562 bits per heavy atom. The van der Waals surface area contributed by atoms with Crippen molar-refractivity contribution in [3.63, 3.8) is 0 Å². The first-order chi connectivity index (χ1) is 23.3. The maximum absolute atomic E-state index is 6.99. The van der Waals surface area contributed by atoms with Crippen LogP contribution in [-0.2, 0) is 13.1 Å². The lowest BCUT2D eigenvalue weighted by Gasteiger charge is -2.26. The maximum atomic E-state index is 6.99. The molecule has 0 unspecified atom stereocenters. The van der Waals surface area contributed by atoms with Crippen LogP contribution in [0.1, 0.15) is 49.9 Å². The first kappa shape index (κ1) is 33.6. The van der Waals surface area contributed by atoms with Crippen molar-refractivity contribution in [3.05, 3.63) is 95.1 Å². The summed E-state index contributed by atoms with van der Waals surface area (Å²) in [7, 11) is 0. The zero-order valence-electron chi connectivity index (χ0n) is 29.1. The Morgan fingerprint density at radius 3 is 1.21 bits per heavy atom. The predicted molar refractivity (Wildman–Crippen MR) is 193 cm³/mol. The summed E-state index contributed by atoms with van der Waals surface area (Å²) in [6.07, 6.45) is 0. The number of hydrogen-bond acceptors (Lipinski definition) is 8. The molecule has 0 aliphatic carbocycles. The van der Waals surface area contributed by atoms with Gasteiger partial charge in [-0.25, -0.2) is 0 Å². The summed E-state index contributed by atoms with van der Waals surface area (Å²) in [5, 5.41) is 19.4. The summed E-state index contributed by atoms with van der Waals surface area (Å²) in [6.45, 7) is 18.2. The Kier molecular flexibility index (Phi) is 10.4. The Morgan fingerprint density at radius 2 is 0.896 bits per heavy atom. The van der Waals surface area contributed by atoms with Crippen LogP contribution in [0.4, 0.5) is 0 Å². The molecule has 0 atom stereocenters. The third-order valence-electron chi connectivity index (χ3n) is 8.73. The van der Waals surface area contributed by atoms with Crippen LogP contribution in [0.5, 0.6) is 11.5 Å². The Hall–Kier alpha value is -4.27. The van der Waals surface area contributed by atoms with Crippen LogP contribution >= 0.6 is 0 Å². The number of fused-ring (bicyclic) bond motifs is 2. The second-order valence-corrected chi connectivity index (χ2v) is 13.8.